The number of amides is 2. The molecule has 7 heteroatoms. The lowest BCUT2D eigenvalue weighted by atomic mass is 10.1. The van der Waals surface area contributed by atoms with Crippen LogP contribution < -0.4 is 10.1 Å². The summed E-state index contributed by atoms with van der Waals surface area (Å²) in [6.07, 6.45) is 4.99. The van der Waals surface area contributed by atoms with Gasteiger partial charge in [-0.2, -0.15) is 0 Å². The second-order valence-electron chi connectivity index (χ2n) is 7.36. The van der Waals surface area contributed by atoms with Gasteiger partial charge in [0.2, 0.25) is 0 Å². The van der Waals surface area contributed by atoms with Crippen molar-refractivity contribution < 1.29 is 19.1 Å². The standard InChI is InChI=1S/C23H30N2O4S/c1-28-15-9-6-12-24-23(27)22-19(16-20(30-22)18-10-4-2-5-11-18)29-17-21(26)25-13-7-3-8-14-25/h2,4-5,10-11,16H,3,6-9,12-15,17H2,1H3,(H,24,27). The Kier molecular flexibility index (Phi) is 8.71. The average Bonchev–Trinajstić information content (AvgIpc) is 3.23. The van der Waals surface area contributed by atoms with Crippen molar-refractivity contribution in [1.82, 2.24) is 10.2 Å². The molecule has 1 N–H and O–H groups in total. The molecule has 162 valence electrons. The fraction of sp³-hybridized carbons (Fsp3) is 0.478. The summed E-state index contributed by atoms with van der Waals surface area (Å²) in [5, 5.41) is 2.95. The maximum Gasteiger partial charge on any atom is 0.265 e. The van der Waals surface area contributed by atoms with Gasteiger partial charge in [-0.25, -0.2) is 0 Å². The monoisotopic (exact) mass is 430 g/mol. The molecule has 1 saturated heterocycles. The molecule has 2 amide bonds. The number of methoxy groups -OCH3 is 1. The van der Waals surface area contributed by atoms with Crippen molar-refractivity contribution in [2.75, 3.05) is 40.0 Å². The van der Waals surface area contributed by atoms with Crippen molar-refractivity contribution in [2.45, 2.75) is 32.1 Å². The Morgan fingerprint density at radius 2 is 1.87 bits per heavy atom. The molecule has 1 fully saturated rings. The van der Waals surface area contributed by atoms with Gasteiger partial charge in [0.1, 0.15) is 10.6 Å². The number of ether oxygens (including phenoxy) is 2. The number of unbranched alkanes of at least 4 members (excludes halogenated alkanes) is 1. The van der Waals surface area contributed by atoms with Crippen molar-refractivity contribution >= 4 is 23.2 Å². The number of likely N-dealkylation sites (tertiary alicyclic amines) is 1. The Morgan fingerprint density at radius 1 is 1.10 bits per heavy atom. The summed E-state index contributed by atoms with van der Waals surface area (Å²) in [6, 6.07) is 11.8. The van der Waals surface area contributed by atoms with Crippen molar-refractivity contribution in [3.63, 3.8) is 0 Å². The van der Waals surface area contributed by atoms with Gasteiger partial charge in [-0.3, -0.25) is 9.59 Å². The molecule has 1 aromatic heterocycles. The molecular formula is C23H30N2O4S. The normalized spacial score (nSPS) is 13.8. The number of hydrogen-bond donors (Lipinski definition) is 1. The number of benzene rings is 1. The van der Waals surface area contributed by atoms with E-state index in [1.165, 1.54) is 17.8 Å². The zero-order valence-corrected chi connectivity index (χ0v) is 18.3. The first kappa shape index (κ1) is 22.3. The Hall–Kier alpha value is -2.38. The van der Waals surface area contributed by atoms with E-state index >= 15 is 0 Å². The Morgan fingerprint density at radius 3 is 2.60 bits per heavy atom. The van der Waals surface area contributed by atoms with Crippen LogP contribution in [0.25, 0.3) is 10.4 Å². The van der Waals surface area contributed by atoms with Crippen LogP contribution in [0.1, 0.15) is 41.8 Å². The molecule has 0 bridgehead atoms. The van der Waals surface area contributed by atoms with Crippen molar-refractivity contribution in [3.05, 3.63) is 41.3 Å². The van der Waals surface area contributed by atoms with E-state index in [1.54, 1.807) is 7.11 Å². The summed E-state index contributed by atoms with van der Waals surface area (Å²) in [7, 11) is 1.67. The van der Waals surface area contributed by atoms with Crippen LogP contribution in [0.2, 0.25) is 0 Å². The number of rotatable bonds is 10. The fourth-order valence-corrected chi connectivity index (χ4v) is 4.44. The smallest absolute Gasteiger partial charge is 0.265 e. The molecule has 1 aromatic carbocycles. The van der Waals surface area contributed by atoms with E-state index in [2.05, 4.69) is 5.32 Å². The lowest BCUT2D eigenvalue weighted by molar-refractivity contribution is -0.134. The molecule has 0 spiro atoms. The first-order valence-electron chi connectivity index (χ1n) is 10.6. The summed E-state index contributed by atoms with van der Waals surface area (Å²) < 4.78 is 10.9. The van der Waals surface area contributed by atoms with Gasteiger partial charge in [0.15, 0.2) is 6.61 Å². The molecule has 6 nitrogen and oxygen atoms in total. The second kappa shape index (κ2) is 11.7. The number of carbonyl (C=O) groups is 2. The van der Waals surface area contributed by atoms with Gasteiger partial charge >= 0.3 is 0 Å². The van der Waals surface area contributed by atoms with Gasteiger partial charge in [0, 0.05) is 38.2 Å². The molecule has 0 atom stereocenters. The van der Waals surface area contributed by atoms with E-state index in [1.807, 2.05) is 41.3 Å². The van der Waals surface area contributed by atoms with E-state index < -0.39 is 0 Å². The van der Waals surface area contributed by atoms with E-state index in [-0.39, 0.29) is 18.4 Å². The van der Waals surface area contributed by atoms with Crippen molar-refractivity contribution in [2.24, 2.45) is 0 Å². The van der Waals surface area contributed by atoms with Crippen LogP contribution >= 0.6 is 11.3 Å². The molecule has 2 heterocycles. The Balaban J connectivity index is 1.68. The number of thiophene rings is 1. The maximum atomic E-state index is 12.8. The van der Waals surface area contributed by atoms with E-state index in [0.717, 1.165) is 49.2 Å². The molecule has 0 saturated carbocycles. The highest BCUT2D eigenvalue weighted by Crippen LogP contribution is 2.36. The van der Waals surface area contributed by atoms with Gasteiger partial charge in [0.05, 0.1) is 0 Å². The molecule has 3 rings (SSSR count). The molecule has 0 aliphatic carbocycles. The predicted octanol–water partition coefficient (Wildman–Crippen LogP) is 3.96. The largest absolute Gasteiger partial charge is 0.482 e. The highest BCUT2D eigenvalue weighted by atomic mass is 32.1. The second-order valence-corrected chi connectivity index (χ2v) is 8.41. The van der Waals surface area contributed by atoms with Crippen LogP contribution in [-0.4, -0.2) is 56.7 Å². The van der Waals surface area contributed by atoms with E-state index in [4.69, 9.17) is 9.47 Å². The van der Waals surface area contributed by atoms with Crippen LogP contribution in [0.3, 0.4) is 0 Å². The number of piperidine rings is 1. The third kappa shape index (κ3) is 6.31. The van der Waals surface area contributed by atoms with Gasteiger partial charge in [-0.05, 0) is 43.7 Å². The van der Waals surface area contributed by atoms with Gasteiger partial charge in [-0.1, -0.05) is 30.3 Å². The molecule has 0 unspecified atom stereocenters. The molecule has 1 aliphatic rings. The third-order valence-electron chi connectivity index (χ3n) is 5.08. The molecule has 2 aromatic rings. The first-order chi connectivity index (χ1) is 14.7. The van der Waals surface area contributed by atoms with Crippen LogP contribution in [0.4, 0.5) is 0 Å². The number of hydrogen-bond acceptors (Lipinski definition) is 5. The first-order valence-corrected chi connectivity index (χ1v) is 11.4. The zero-order valence-electron chi connectivity index (χ0n) is 17.5. The fourth-order valence-electron chi connectivity index (χ4n) is 3.41. The zero-order chi connectivity index (χ0) is 21.2. The molecule has 1 aliphatic heterocycles. The Bertz CT molecular complexity index is 816. The van der Waals surface area contributed by atoms with Crippen molar-refractivity contribution in [1.29, 1.82) is 0 Å². The van der Waals surface area contributed by atoms with Crippen molar-refractivity contribution in [3.8, 4) is 16.2 Å². The summed E-state index contributed by atoms with van der Waals surface area (Å²) >= 11 is 1.39. The lowest BCUT2D eigenvalue weighted by Crippen LogP contribution is -2.38. The third-order valence-corrected chi connectivity index (χ3v) is 6.25. The van der Waals surface area contributed by atoms with Crippen LogP contribution in [0, 0.1) is 0 Å². The minimum Gasteiger partial charge on any atom is -0.482 e. The average molecular weight is 431 g/mol. The lowest BCUT2D eigenvalue weighted by Gasteiger charge is -2.26. The molecule has 0 radical (unpaired) electrons. The highest BCUT2D eigenvalue weighted by Gasteiger charge is 2.21. The minimum atomic E-state index is -0.167. The highest BCUT2D eigenvalue weighted by molar-refractivity contribution is 7.17. The summed E-state index contributed by atoms with van der Waals surface area (Å²) in [6.45, 7) is 2.79. The van der Waals surface area contributed by atoms with E-state index in [0.29, 0.717) is 23.8 Å². The summed E-state index contributed by atoms with van der Waals surface area (Å²) in [5.41, 5.74) is 1.02. The number of nitrogens with one attached hydrogen (secondary N) is 1. The van der Waals surface area contributed by atoms with Crippen LogP contribution in [0.5, 0.6) is 5.75 Å². The number of carbonyl (C=O) groups excluding carboxylic acids is 2. The summed E-state index contributed by atoms with van der Waals surface area (Å²) in [5.74, 6) is 0.284. The van der Waals surface area contributed by atoms with Crippen LogP contribution in [-0.2, 0) is 9.53 Å². The SMILES string of the molecule is COCCCCNC(=O)c1sc(-c2ccccc2)cc1OCC(=O)N1CCCCC1. The maximum absolute atomic E-state index is 12.8. The van der Waals surface area contributed by atoms with Gasteiger partial charge in [0.25, 0.3) is 11.8 Å². The minimum absolute atomic E-state index is 0.0203. The molecular weight excluding hydrogens is 400 g/mol. The predicted molar refractivity (Wildman–Crippen MR) is 119 cm³/mol. The van der Waals surface area contributed by atoms with Gasteiger partial charge < -0.3 is 19.7 Å². The van der Waals surface area contributed by atoms with Crippen LogP contribution in [0.15, 0.2) is 36.4 Å². The molecule has 30 heavy (non-hydrogen) atoms. The quantitative estimate of drug-likeness (QED) is 0.580. The van der Waals surface area contributed by atoms with Gasteiger partial charge in [-0.15, -0.1) is 11.3 Å². The van der Waals surface area contributed by atoms with E-state index in [9.17, 15) is 9.59 Å². The topological polar surface area (TPSA) is 67.9 Å². The summed E-state index contributed by atoms with van der Waals surface area (Å²) in [4.78, 5) is 28.6. The Labute approximate surface area is 182 Å². The number of nitrogens with zero attached hydrogens (tertiary/aromatic N) is 1.